The van der Waals surface area contributed by atoms with Crippen LogP contribution in [0, 0.1) is 6.92 Å². The molecule has 1 aromatic carbocycles. The number of rotatable bonds is 3. The molecule has 112 valence electrons. The third kappa shape index (κ3) is 3.43. The lowest BCUT2D eigenvalue weighted by Gasteiger charge is -2.40. The summed E-state index contributed by atoms with van der Waals surface area (Å²) in [5, 5.41) is 0. The van der Waals surface area contributed by atoms with Crippen LogP contribution in [-0.4, -0.2) is 49.8 Å². The Kier molecular flexibility index (Phi) is 4.55. The molecule has 1 aromatic rings. The first-order valence-electron chi connectivity index (χ1n) is 6.74. The van der Waals surface area contributed by atoms with Crippen LogP contribution in [0.2, 0.25) is 0 Å². The fourth-order valence-corrected chi connectivity index (χ4v) is 2.61. The second-order valence-electron chi connectivity index (χ2n) is 5.16. The Labute approximate surface area is 117 Å². The van der Waals surface area contributed by atoms with Crippen molar-refractivity contribution in [2.24, 2.45) is 5.73 Å². The van der Waals surface area contributed by atoms with E-state index in [0.717, 1.165) is 11.3 Å². The number of alkyl halides is 3. The highest BCUT2D eigenvalue weighted by molar-refractivity contribution is 5.48. The third-order valence-corrected chi connectivity index (χ3v) is 3.72. The lowest BCUT2D eigenvalue weighted by Crippen LogP contribution is -2.57. The number of benzene rings is 1. The lowest BCUT2D eigenvalue weighted by molar-refractivity contribution is -0.181. The van der Waals surface area contributed by atoms with Crippen molar-refractivity contribution in [3.05, 3.63) is 29.8 Å². The number of piperazine rings is 1. The molecule has 2 rings (SSSR count). The molecule has 0 amide bonds. The van der Waals surface area contributed by atoms with Crippen LogP contribution < -0.4 is 10.6 Å². The van der Waals surface area contributed by atoms with Crippen LogP contribution in [-0.2, 0) is 0 Å². The molecule has 1 aliphatic heterocycles. The molecule has 1 aliphatic rings. The van der Waals surface area contributed by atoms with Gasteiger partial charge in [0, 0.05) is 38.4 Å². The Morgan fingerprint density at radius 3 is 2.35 bits per heavy atom. The summed E-state index contributed by atoms with van der Waals surface area (Å²) in [6.45, 7) is 3.58. The standard InChI is InChI=1S/C14H20F3N3/c1-11-3-2-4-12(9-11)19-5-7-20(8-6-19)13(10-18)14(15,16)17/h2-4,9,13H,5-8,10,18H2,1H3. The molecular formula is C14H20F3N3. The van der Waals surface area contributed by atoms with E-state index in [1.807, 2.05) is 25.1 Å². The van der Waals surface area contributed by atoms with Crippen molar-refractivity contribution in [3.63, 3.8) is 0 Å². The molecule has 20 heavy (non-hydrogen) atoms. The fourth-order valence-electron chi connectivity index (χ4n) is 2.61. The van der Waals surface area contributed by atoms with Crippen molar-refractivity contribution in [2.75, 3.05) is 37.6 Å². The van der Waals surface area contributed by atoms with E-state index in [1.54, 1.807) is 0 Å². The summed E-state index contributed by atoms with van der Waals surface area (Å²) in [6.07, 6.45) is -4.25. The first-order valence-corrected chi connectivity index (χ1v) is 6.74. The van der Waals surface area contributed by atoms with Gasteiger partial charge in [0.1, 0.15) is 6.04 Å². The maximum atomic E-state index is 12.8. The largest absolute Gasteiger partial charge is 0.405 e. The van der Waals surface area contributed by atoms with Gasteiger partial charge in [0.05, 0.1) is 0 Å². The monoisotopic (exact) mass is 287 g/mol. The van der Waals surface area contributed by atoms with E-state index in [-0.39, 0.29) is 6.54 Å². The summed E-state index contributed by atoms with van der Waals surface area (Å²) in [5.41, 5.74) is 7.50. The van der Waals surface area contributed by atoms with Gasteiger partial charge in [-0.1, -0.05) is 12.1 Å². The van der Waals surface area contributed by atoms with Crippen molar-refractivity contribution in [3.8, 4) is 0 Å². The minimum Gasteiger partial charge on any atom is -0.369 e. The van der Waals surface area contributed by atoms with E-state index in [0.29, 0.717) is 26.2 Å². The highest BCUT2D eigenvalue weighted by Gasteiger charge is 2.43. The minimum absolute atomic E-state index is 0.381. The molecule has 1 heterocycles. The molecule has 6 heteroatoms. The maximum Gasteiger partial charge on any atom is 0.405 e. The number of hydrogen-bond acceptors (Lipinski definition) is 3. The summed E-state index contributed by atoms with van der Waals surface area (Å²) in [7, 11) is 0. The molecule has 0 bridgehead atoms. The van der Waals surface area contributed by atoms with Crippen LogP contribution >= 0.6 is 0 Å². The van der Waals surface area contributed by atoms with Gasteiger partial charge >= 0.3 is 6.18 Å². The fraction of sp³-hybridized carbons (Fsp3) is 0.571. The highest BCUT2D eigenvalue weighted by Crippen LogP contribution is 2.26. The number of nitrogens with two attached hydrogens (primary N) is 1. The Balaban J connectivity index is 1.98. The molecule has 0 spiro atoms. The van der Waals surface area contributed by atoms with Crippen LogP contribution in [0.25, 0.3) is 0 Å². The zero-order valence-electron chi connectivity index (χ0n) is 11.5. The van der Waals surface area contributed by atoms with E-state index in [2.05, 4.69) is 11.0 Å². The van der Waals surface area contributed by atoms with Gasteiger partial charge in [0.15, 0.2) is 0 Å². The molecule has 2 N–H and O–H groups in total. The molecule has 1 saturated heterocycles. The van der Waals surface area contributed by atoms with Crippen LogP contribution in [0.3, 0.4) is 0 Å². The molecule has 1 atom stereocenters. The number of nitrogens with zero attached hydrogens (tertiary/aromatic N) is 2. The molecule has 0 aromatic heterocycles. The van der Waals surface area contributed by atoms with E-state index in [1.165, 1.54) is 4.90 Å². The molecule has 0 radical (unpaired) electrons. The van der Waals surface area contributed by atoms with Crippen molar-refractivity contribution in [1.29, 1.82) is 0 Å². The van der Waals surface area contributed by atoms with Crippen LogP contribution in [0.15, 0.2) is 24.3 Å². The van der Waals surface area contributed by atoms with Gasteiger partial charge in [-0.05, 0) is 24.6 Å². The van der Waals surface area contributed by atoms with Gasteiger partial charge in [0.25, 0.3) is 0 Å². The first kappa shape index (κ1) is 15.1. The predicted octanol–water partition coefficient (Wildman–Crippen LogP) is 2.01. The van der Waals surface area contributed by atoms with Crippen LogP contribution in [0.1, 0.15) is 5.56 Å². The van der Waals surface area contributed by atoms with E-state index in [9.17, 15) is 13.2 Å². The van der Waals surface area contributed by atoms with Crippen molar-refractivity contribution >= 4 is 5.69 Å². The molecule has 1 unspecified atom stereocenters. The van der Waals surface area contributed by atoms with Crippen molar-refractivity contribution in [2.45, 2.75) is 19.1 Å². The second-order valence-corrected chi connectivity index (χ2v) is 5.16. The van der Waals surface area contributed by atoms with Gasteiger partial charge in [-0.3, -0.25) is 4.90 Å². The third-order valence-electron chi connectivity index (χ3n) is 3.72. The maximum absolute atomic E-state index is 12.8. The smallest absolute Gasteiger partial charge is 0.369 e. The lowest BCUT2D eigenvalue weighted by atomic mass is 10.1. The highest BCUT2D eigenvalue weighted by atomic mass is 19.4. The van der Waals surface area contributed by atoms with E-state index >= 15 is 0 Å². The Bertz CT molecular complexity index is 440. The molecular weight excluding hydrogens is 267 g/mol. The summed E-state index contributed by atoms with van der Waals surface area (Å²) in [6, 6.07) is 6.50. The molecule has 3 nitrogen and oxygen atoms in total. The quantitative estimate of drug-likeness (QED) is 0.923. The summed E-state index contributed by atoms with van der Waals surface area (Å²) in [5.74, 6) is 0. The van der Waals surface area contributed by atoms with E-state index in [4.69, 9.17) is 5.73 Å². The second kappa shape index (κ2) is 6.01. The Morgan fingerprint density at radius 1 is 1.20 bits per heavy atom. The Hall–Kier alpha value is -1.27. The van der Waals surface area contributed by atoms with Crippen LogP contribution in [0.4, 0.5) is 18.9 Å². The SMILES string of the molecule is Cc1cccc(N2CCN(C(CN)C(F)(F)F)CC2)c1. The first-order chi connectivity index (χ1) is 9.41. The molecule has 1 fully saturated rings. The van der Waals surface area contributed by atoms with Crippen molar-refractivity contribution < 1.29 is 13.2 Å². The number of anilines is 1. The average molecular weight is 287 g/mol. The average Bonchev–Trinajstić information content (AvgIpc) is 2.38. The van der Waals surface area contributed by atoms with E-state index < -0.39 is 12.2 Å². The molecule has 0 saturated carbocycles. The normalized spacial score (nSPS) is 19.1. The Morgan fingerprint density at radius 2 is 1.85 bits per heavy atom. The van der Waals surface area contributed by atoms with Gasteiger partial charge in [-0.25, -0.2) is 0 Å². The minimum atomic E-state index is -4.25. The zero-order chi connectivity index (χ0) is 14.8. The van der Waals surface area contributed by atoms with Crippen LogP contribution in [0.5, 0.6) is 0 Å². The summed E-state index contributed by atoms with van der Waals surface area (Å²) >= 11 is 0. The van der Waals surface area contributed by atoms with Gasteiger partial charge in [-0.2, -0.15) is 13.2 Å². The molecule has 0 aliphatic carbocycles. The van der Waals surface area contributed by atoms with Crippen molar-refractivity contribution in [1.82, 2.24) is 4.90 Å². The number of aryl methyl sites for hydroxylation is 1. The summed E-state index contributed by atoms with van der Waals surface area (Å²) in [4.78, 5) is 3.56. The predicted molar refractivity (Wildman–Crippen MR) is 73.9 cm³/mol. The topological polar surface area (TPSA) is 32.5 Å². The van der Waals surface area contributed by atoms with Gasteiger partial charge in [-0.15, -0.1) is 0 Å². The zero-order valence-corrected chi connectivity index (χ0v) is 11.5. The van der Waals surface area contributed by atoms with Gasteiger partial charge < -0.3 is 10.6 Å². The number of hydrogen-bond donors (Lipinski definition) is 1. The number of halogens is 3. The summed E-state index contributed by atoms with van der Waals surface area (Å²) < 4.78 is 38.5. The van der Waals surface area contributed by atoms with Gasteiger partial charge in [0.2, 0.25) is 0 Å².